The van der Waals surface area contributed by atoms with E-state index in [-0.39, 0.29) is 0 Å². The van der Waals surface area contributed by atoms with Crippen molar-refractivity contribution in [2.75, 3.05) is 4.90 Å². The maximum Gasteiger partial charge on any atom is 0.0476 e. The molecule has 0 radical (unpaired) electrons. The number of thiophene rings is 1. The minimum Gasteiger partial charge on any atom is -0.310 e. The summed E-state index contributed by atoms with van der Waals surface area (Å²) in [5.74, 6) is 0. The molecule has 0 aliphatic carbocycles. The Labute approximate surface area is 320 Å². The number of fused-ring (bicyclic) bond motifs is 5. The number of aryl methyl sites for hydroxylation is 2. The molecular formula is C52H37NS. The van der Waals surface area contributed by atoms with Crippen molar-refractivity contribution >= 4 is 70.1 Å². The molecule has 1 aromatic heterocycles. The highest BCUT2D eigenvalue weighted by atomic mass is 32.1. The SMILES string of the molecule is Cc1ccc2sc3cc(N(c4ccc(-c5ccccc5)cc4)c4ccc(-c5ccc6ccccc6c5)cc4)ccc3c2c1-c1ccc2ccccc2c1C. The van der Waals surface area contributed by atoms with Crippen molar-refractivity contribution < 1.29 is 0 Å². The highest BCUT2D eigenvalue weighted by Gasteiger charge is 2.19. The molecule has 0 amide bonds. The molecule has 0 saturated heterocycles. The fourth-order valence-electron chi connectivity index (χ4n) is 8.20. The van der Waals surface area contributed by atoms with Gasteiger partial charge in [-0.1, -0.05) is 140 Å². The lowest BCUT2D eigenvalue weighted by atomic mass is 9.90. The summed E-state index contributed by atoms with van der Waals surface area (Å²) >= 11 is 1.88. The standard InChI is InChI=1S/C52H37NS/c1-34-16-31-49-52(51(34)47-29-23-40-13-8-9-15-46(40)35(47)2)48-30-28-45(33-50(48)54-49)53(43-24-19-38(20-25-43)36-10-4-3-5-11-36)44-26-21-39(22-27-44)42-18-17-37-12-6-7-14-41(37)32-42/h3-33H,1-2H3. The third kappa shape index (κ3) is 5.55. The Morgan fingerprint density at radius 3 is 1.74 bits per heavy atom. The first-order valence-corrected chi connectivity index (χ1v) is 19.4. The Balaban J connectivity index is 1.10. The van der Waals surface area contributed by atoms with Gasteiger partial charge in [0.25, 0.3) is 0 Å². The van der Waals surface area contributed by atoms with Crippen LogP contribution < -0.4 is 4.90 Å². The van der Waals surface area contributed by atoms with E-state index in [9.17, 15) is 0 Å². The van der Waals surface area contributed by atoms with E-state index in [4.69, 9.17) is 0 Å². The van der Waals surface area contributed by atoms with Crippen LogP contribution in [0.1, 0.15) is 11.1 Å². The molecule has 2 heteroatoms. The maximum absolute atomic E-state index is 2.39. The second-order valence-electron chi connectivity index (χ2n) is 14.2. The van der Waals surface area contributed by atoms with Gasteiger partial charge in [-0.15, -0.1) is 11.3 Å². The summed E-state index contributed by atoms with van der Waals surface area (Å²) in [4.78, 5) is 2.39. The van der Waals surface area contributed by atoms with E-state index in [0.717, 1.165) is 17.1 Å². The fourth-order valence-corrected chi connectivity index (χ4v) is 9.34. The monoisotopic (exact) mass is 707 g/mol. The Morgan fingerprint density at radius 2 is 0.981 bits per heavy atom. The summed E-state index contributed by atoms with van der Waals surface area (Å²) in [7, 11) is 0. The van der Waals surface area contributed by atoms with Crippen LogP contribution in [0.3, 0.4) is 0 Å². The molecule has 9 aromatic carbocycles. The average Bonchev–Trinajstić information content (AvgIpc) is 3.60. The summed E-state index contributed by atoms with van der Waals surface area (Å²) in [5, 5.41) is 7.76. The smallest absolute Gasteiger partial charge is 0.0476 e. The van der Waals surface area contributed by atoms with Crippen molar-refractivity contribution in [1.82, 2.24) is 0 Å². The molecule has 10 aromatic rings. The first-order chi connectivity index (χ1) is 26.6. The summed E-state index contributed by atoms with van der Waals surface area (Å²) < 4.78 is 2.60. The van der Waals surface area contributed by atoms with Gasteiger partial charge in [-0.25, -0.2) is 0 Å². The van der Waals surface area contributed by atoms with Gasteiger partial charge in [0.2, 0.25) is 0 Å². The van der Waals surface area contributed by atoms with Crippen molar-refractivity contribution in [3.63, 3.8) is 0 Å². The van der Waals surface area contributed by atoms with Gasteiger partial charge in [-0.05, 0) is 128 Å². The number of anilines is 3. The summed E-state index contributed by atoms with van der Waals surface area (Å²) in [5.41, 5.74) is 13.5. The van der Waals surface area contributed by atoms with Crippen LogP contribution in [-0.2, 0) is 0 Å². The van der Waals surface area contributed by atoms with Crippen molar-refractivity contribution in [1.29, 1.82) is 0 Å². The zero-order chi connectivity index (χ0) is 36.2. The maximum atomic E-state index is 2.39. The fraction of sp³-hybridized carbons (Fsp3) is 0.0385. The number of hydrogen-bond acceptors (Lipinski definition) is 2. The van der Waals surface area contributed by atoms with Crippen molar-refractivity contribution in [3.8, 4) is 33.4 Å². The van der Waals surface area contributed by atoms with E-state index < -0.39 is 0 Å². The Morgan fingerprint density at radius 1 is 0.389 bits per heavy atom. The van der Waals surface area contributed by atoms with E-state index in [1.165, 1.54) is 86.2 Å². The van der Waals surface area contributed by atoms with E-state index in [1.54, 1.807) is 0 Å². The van der Waals surface area contributed by atoms with Crippen molar-refractivity contribution in [3.05, 3.63) is 199 Å². The van der Waals surface area contributed by atoms with Crippen LogP contribution in [0.25, 0.3) is 75.1 Å². The Kier molecular flexibility index (Phi) is 7.86. The largest absolute Gasteiger partial charge is 0.310 e. The van der Waals surface area contributed by atoms with Crippen LogP contribution in [0.5, 0.6) is 0 Å². The molecule has 0 spiro atoms. The topological polar surface area (TPSA) is 3.24 Å². The molecule has 0 aliphatic heterocycles. The predicted molar refractivity (Wildman–Crippen MR) is 235 cm³/mol. The number of hydrogen-bond donors (Lipinski definition) is 0. The highest BCUT2D eigenvalue weighted by Crippen LogP contribution is 2.46. The van der Waals surface area contributed by atoms with Crippen molar-refractivity contribution in [2.24, 2.45) is 0 Å². The van der Waals surface area contributed by atoms with Gasteiger partial charge in [-0.2, -0.15) is 0 Å². The van der Waals surface area contributed by atoms with Crippen LogP contribution in [0, 0.1) is 13.8 Å². The van der Waals surface area contributed by atoms with Crippen LogP contribution in [0.2, 0.25) is 0 Å². The van der Waals surface area contributed by atoms with Crippen LogP contribution in [0.15, 0.2) is 188 Å². The lowest BCUT2D eigenvalue weighted by Crippen LogP contribution is -2.09. The molecule has 0 unspecified atom stereocenters. The molecule has 54 heavy (non-hydrogen) atoms. The zero-order valence-corrected chi connectivity index (χ0v) is 31.1. The third-order valence-electron chi connectivity index (χ3n) is 11.0. The molecule has 0 atom stereocenters. The summed E-state index contributed by atoms with van der Waals surface area (Å²) in [6, 6.07) is 68.8. The van der Waals surface area contributed by atoms with Gasteiger partial charge in [0, 0.05) is 37.2 Å². The summed E-state index contributed by atoms with van der Waals surface area (Å²) in [6.07, 6.45) is 0. The molecule has 0 saturated carbocycles. The number of nitrogens with zero attached hydrogens (tertiary/aromatic N) is 1. The quantitative estimate of drug-likeness (QED) is 0.166. The normalized spacial score (nSPS) is 11.5. The third-order valence-corrected chi connectivity index (χ3v) is 12.1. The lowest BCUT2D eigenvalue weighted by molar-refractivity contribution is 1.29. The highest BCUT2D eigenvalue weighted by molar-refractivity contribution is 7.26. The lowest BCUT2D eigenvalue weighted by Gasteiger charge is -2.26. The second-order valence-corrected chi connectivity index (χ2v) is 15.3. The van der Waals surface area contributed by atoms with Crippen LogP contribution in [-0.4, -0.2) is 0 Å². The molecular weight excluding hydrogens is 671 g/mol. The van der Waals surface area contributed by atoms with Gasteiger partial charge in [0.05, 0.1) is 0 Å². The number of benzene rings is 9. The molecule has 0 bridgehead atoms. The van der Waals surface area contributed by atoms with E-state index >= 15 is 0 Å². The first kappa shape index (κ1) is 32.2. The zero-order valence-electron chi connectivity index (χ0n) is 30.3. The van der Waals surface area contributed by atoms with Gasteiger partial charge < -0.3 is 4.90 Å². The Hall–Kier alpha value is -6.48. The average molecular weight is 708 g/mol. The van der Waals surface area contributed by atoms with Gasteiger partial charge in [0.1, 0.15) is 0 Å². The molecule has 1 nitrogen and oxygen atoms in total. The minimum atomic E-state index is 1.12. The van der Waals surface area contributed by atoms with Crippen LogP contribution >= 0.6 is 11.3 Å². The first-order valence-electron chi connectivity index (χ1n) is 18.6. The summed E-state index contributed by atoms with van der Waals surface area (Å²) in [6.45, 7) is 4.53. The van der Waals surface area contributed by atoms with E-state index in [1.807, 2.05) is 11.3 Å². The van der Waals surface area contributed by atoms with Gasteiger partial charge in [0.15, 0.2) is 0 Å². The van der Waals surface area contributed by atoms with E-state index in [0.29, 0.717) is 0 Å². The molecule has 1 heterocycles. The molecule has 0 N–H and O–H groups in total. The molecule has 0 aliphatic rings. The minimum absolute atomic E-state index is 1.12. The Bertz CT molecular complexity index is 2990. The van der Waals surface area contributed by atoms with Gasteiger partial charge >= 0.3 is 0 Å². The predicted octanol–water partition coefficient (Wildman–Crippen LogP) is 15.4. The molecule has 10 rings (SSSR count). The van der Waals surface area contributed by atoms with Crippen molar-refractivity contribution in [2.45, 2.75) is 13.8 Å². The van der Waals surface area contributed by atoms with Crippen LogP contribution in [0.4, 0.5) is 17.1 Å². The van der Waals surface area contributed by atoms with Gasteiger partial charge in [-0.3, -0.25) is 0 Å². The second kappa shape index (κ2) is 13.2. The molecule has 256 valence electrons. The molecule has 0 fully saturated rings. The van der Waals surface area contributed by atoms with E-state index in [2.05, 4.69) is 207 Å². The number of rotatable bonds is 6.